The molecule has 0 aliphatic heterocycles. The van der Waals surface area contributed by atoms with Gasteiger partial charge in [-0.2, -0.15) is 0 Å². The molecular formula is C8H17N. The lowest BCUT2D eigenvalue weighted by Crippen LogP contribution is -2.45. The molecule has 0 saturated heterocycles. The zero-order chi connectivity index (χ0) is 7.12. The molecule has 0 aromatic heterocycles. The molecule has 1 fully saturated rings. The largest absolute Gasteiger partial charge is 0.330 e. The lowest BCUT2D eigenvalue weighted by molar-refractivity contribution is 0.0113. The van der Waals surface area contributed by atoms with Gasteiger partial charge in [0.25, 0.3) is 0 Å². The van der Waals surface area contributed by atoms with Gasteiger partial charge in [0.05, 0.1) is 0 Å². The lowest BCUT2D eigenvalue weighted by Gasteiger charge is -2.51. The molecule has 0 radical (unpaired) electrons. The standard InChI is InChI=1S/C8H17N/c1-7(2)4-8(3,5-7)6-9/h4-6,9H2,1-3H3. The third kappa shape index (κ3) is 1.26. The summed E-state index contributed by atoms with van der Waals surface area (Å²) in [5.74, 6) is 0. The van der Waals surface area contributed by atoms with Crippen LogP contribution in [-0.4, -0.2) is 6.54 Å². The van der Waals surface area contributed by atoms with E-state index in [1.807, 2.05) is 0 Å². The fraction of sp³-hybridized carbons (Fsp3) is 1.00. The summed E-state index contributed by atoms with van der Waals surface area (Å²) in [6.45, 7) is 7.75. The van der Waals surface area contributed by atoms with Gasteiger partial charge in [-0.25, -0.2) is 0 Å². The molecule has 1 aliphatic rings. The van der Waals surface area contributed by atoms with Crippen molar-refractivity contribution >= 4 is 0 Å². The Labute approximate surface area is 57.6 Å². The maximum atomic E-state index is 5.59. The molecule has 0 aromatic rings. The minimum atomic E-state index is 0.476. The van der Waals surface area contributed by atoms with E-state index < -0.39 is 0 Å². The van der Waals surface area contributed by atoms with Gasteiger partial charge in [-0.3, -0.25) is 0 Å². The molecule has 1 rings (SSSR count). The van der Waals surface area contributed by atoms with E-state index >= 15 is 0 Å². The quantitative estimate of drug-likeness (QED) is 0.570. The Kier molecular flexibility index (Phi) is 1.35. The van der Waals surface area contributed by atoms with Crippen molar-refractivity contribution in [3.05, 3.63) is 0 Å². The molecular weight excluding hydrogens is 110 g/mol. The van der Waals surface area contributed by atoms with Crippen LogP contribution < -0.4 is 5.73 Å². The average Bonchev–Trinajstić information content (AvgIpc) is 1.61. The molecule has 2 N–H and O–H groups in total. The Morgan fingerprint density at radius 2 is 1.67 bits per heavy atom. The van der Waals surface area contributed by atoms with Gasteiger partial charge in [-0.05, 0) is 30.2 Å². The van der Waals surface area contributed by atoms with Gasteiger partial charge < -0.3 is 5.73 Å². The topological polar surface area (TPSA) is 26.0 Å². The monoisotopic (exact) mass is 127 g/mol. The number of hydrogen-bond donors (Lipinski definition) is 1. The fourth-order valence-corrected chi connectivity index (χ4v) is 2.40. The first-order chi connectivity index (χ1) is 3.97. The molecule has 1 heteroatoms. The van der Waals surface area contributed by atoms with Crippen LogP contribution in [0.4, 0.5) is 0 Å². The summed E-state index contributed by atoms with van der Waals surface area (Å²) in [7, 11) is 0. The smallest absolute Gasteiger partial charge is 0.00228 e. The highest BCUT2D eigenvalue weighted by Crippen LogP contribution is 2.52. The van der Waals surface area contributed by atoms with Gasteiger partial charge in [0.1, 0.15) is 0 Å². The minimum absolute atomic E-state index is 0.476. The molecule has 0 aromatic carbocycles. The summed E-state index contributed by atoms with van der Waals surface area (Å²) in [5, 5.41) is 0. The highest BCUT2D eigenvalue weighted by molar-refractivity contribution is 4.96. The first kappa shape index (κ1) is 7.07. The SMILES string of the molecule is CC1(C)CC(C)(CN)C1. The second kappa shape index (κ2) is 1.72. The van der Waals surface area contributed by atoms with E-state index in [0.29, 0.717) is 10.8 Å². The van der Waals surface area contributed by atoms with Gasteiger partial charge in [0.2, 0.25) is 0 Å². The van der Waals surface area contributed by atoms with E-state index in [-0.39, 0.29) is 0 Å². The highest BCUT2D eigenvalue weighted by Gasteiger charge is 2.44. The summed E-state index contributed by atoms with van der Waals surface area (Å²) in [6, 6.07) is 0. The van der Waals surface area contributed by atoms with Gasteiger partial charge in [-0.1, -0.05) is 20.8 Å². The molecule has 0 bridgehead atoms. The van der Waals surface area contributed by atoms with Crippen molar-refractivity contribution in [2.75, 3.05) is 6.54 Å². The second-order valence-corrected chi connectivity index (χ2v) is 4.53. The van der Waals surface area contributed by atoms with Gasteiger partial charge in [0.15, 0.2) is 0 Å². The van der Waals surface area contributed by atoms with E-state index in [4.69, 9.17) is 5.73 Å². The van der Waals surface area contributed by atoms with Crippen molar-refractivity contribution in [3.8, 4) is 0 Å². The normalized spacial score (nSPS) is 29.3. The molecule has 0 atom stereocenters. The molecule has 0 unspecified atom stereocenters. The Morgan fingerprint density at radius 1 is 1.22 bits per heavy atom. The Hall–Kier alpha value is -0.0400. The third-order valence-electron chi connectivity index (χ3n) is 2.30. The van der Waals surface area contributed by atoms with Crippen molar-refractivity contribution in [3.63, 3.8) is 0 Å². The molecule has 0 spiro atoms. The summed E-state index contributed by atoms with van der Waals surface area (Å²) in [5.41, 5.74) is 6.64. The number of rotatable bonds is 1. The van der Waals surface area contributed by atoms with E-state index in [1.165, 1.54) is 12.8 Å². The average molecular weight is 127 g/mol. The van der Waals surface area contributed by atoms with Crippen molar-refractivity contribution in [2.45, 2.75) is 33.6 Å². The van der Waals surface area contributed by atoms with Crippen molar-refractivity contribution in [1.82, 2.24) is 0 Å². The molecule has 0 amide bonds. The first-order valence-electron chi connectivity index (χ1n) is 3.68. The van der Waals surface area contributed by atoms with Crippen molar-refractivity contribution < 1.29 is 0 Å². The molecule has 1 aliphatic carbocycles. The molecule has 1 saturated carbocycles. The van der Waals surface area contributed by atoms with Crippen molar-refractivity contribution in [1.29, 1.82) is 0 Å². The van der Waals surface area contributed by atoms with Crippen LogP contribution in [-0.2, 0) is 0 Å². The van der Waals surface area contributed by atoms with Crippen LogP contribution >= 0.6 is 0 Å². The van der Waals surface area contributed by atoms with Gasteiger partial charge >= 0.3 is 0 Å². The van der Waals surface area contributed by atoms with E-state index in [0.717, 1.165) is 6.54 Å². The summed E-state index contributed by atoms with van der Waals surface area (Å²) in [4.78, 5) is 0. The molecule has 9 heavy (non-hydrogen) atoms. The van der Waals surface area contributed by atoms with Crippen LogP contribution in [0.3, 0.4) is 0 Å². The maximum Gasteiger partial charge on any atom is -0.00228 e. The van der Waals surface area contributed by atoms with Crippen LogP contribution in [0, 0.1) is 10.8 Å². The summed E-state index contributed by atoms with van der Waals surface area (Å²) >= 11 is 0. The lowest BCUT2D eigenvalue weighted by atomic mass is 9.55. The van der Waals surface area contributed by atoms with Crippen LogP contribution in [0.2, 0.25) is 0 Å². The Balaban J connectivity index is 2.41. The predicted octanol–water partition coefficient (Wildman–Crippen LogP) is 1.77. The van der Waals surface area contributed by atoms with Gasteiger partial charge in [0, 0.05) is 0 Å². The van der Waals surface area contributed by atoms with Gasteiger partial charge in [-0.15, -0.1) is 0 Å². The van der Waals surface area contributed by atoms with E-state index in [2.05, 4.69) is 20.8 Å². The predicted molar refractivity (Wildman–Crippen MR) is 40.2 cm³/mol. The number of hydrogen-bond acceptors (Lipinski definition) is 1. The van der Waals surface area contributed by atoms with E-state index in [9.17, 15) is 0 Å². The van der Waals surface area contributed by atoms with Crippen molar-refractivity contribution in [2.24, 2.45) is 16.6 Å². The molecule has 0 heterocycles. The maximum absolute atomic E-state index is 5.59. The number of nitrogens with two attached hydrogens (primary N) is 1. The summed E-state index contributed by atoms with van der Waals surface area (Å²) < 4.78 is 0. The Morgan fingerprint density at radius 3 is 1.78 bits per heavy atom. The van der Waals surface area contributed by atoms with Crippen LogP contribution in [0.15, 0.2) is 0 Å². The fourth-order valence-electron chi connectivity index (χ4n) is 2.40. The zero-order valence-corrected chi connectivity index (χ0v) is 6.70. The van der Waals surface area contributed by atoms with E-state index in [1.54, 1.807) is 0 Å². The van der Waals surface area contributed by atoms with Crippen LogP contribution in [0.5, 0.6) is 0 Å². The summed E-state index contributed by atoms with van der Waals surface area (Å²) in [6.07, 6.45) is 2.60. The first-order valence-corrected chi connectivity index (χ1v) is 3.68. The Bertz CT molecular complexity index is 108. The minimum Gasteiger partial charge on any atom is -0.330 e. The molecule has 54 valence electrons. The third-order valence-corrected chi connectivity index (χ3v) is 2.30. The second-order valence-electron chi connectivity index (χ2n) is 4.53. The zero-order valence-electron chi connectivity index (χ0n) is 6.70. The highest BCUT2D eigenvalue weighted by atomic mass is 14.6. The van der Waals surface area contributed by atoms with Crippen LogP contribution in [0.25, 0.3) is 0 Å². The van der Waals surface area contributed by atoms with Crippen LogP contribution in [0.1, 0.15) is 33.6 Å². The molecule has 1 nitrogen and oxygen atoms in total.